The van der Waals surface area contributed by atoms with E-state index in [1.54, 1.807) is 6.07 Å². The Hall–Kier alpha value is -3.14. The monoisotopic (exact) mass is 304 g/mol. The van der Waals surface area contributed by atoms with Crippen molar-refractivity contribution in [3.8, 4) is 0 Å². The number of ether oxygens (including phenoxy) is 2. The minimum atomic E-state index is -0.953. The molecule has 4 rings (SSSR count). The van der Waals surface area contributed by atoms with E-state index in [-0.39, 0.29) is 0 Å². The summed E-state index contributed by atoms with van der Waals surface area (Å²) in [6.07, 6.45) is 1.71. The number of rotatable bonds is 2. The predicted molar refractivity (Wildman–Crippen MR) is 85.9 cm³/mol. The highest BCUT2D eigenvalue weighted by molar-refractivity contribution is 6.09. The normalized spacial score (nSPS) is 16.7. The second-order valence-corrected chi connectivity index (χ2v) is 5.30. The second kappa shape index (κ2) is 5.25. The summed E-state index contributed by atoms with van der Waals surface area (Å²) in [7, 11) is 0. The van der Waals surface area contributed by atoms with Crippen molar-refractivity contribution >= 4 is 33.5 Å². The Kier molecular flexibility index (Phi) is 3.08. The average molecular weight is 304 g/mol. The molecule has 0 fully saturated rings. The number of hydrogen-bond donors (Lipinski definition) is 0. The summed E-state index contributed by atoms with van der Waals surface area (Å²) in [5, 5.41) is 3.92. The molecule has 0 aliphatic carbocycles. The molecule has 0 N–H and O–H groups in total. The lowest BCUT2D eigenvalue weighted by Crippen LogP contribution is -2.18. The molecule has 0 aromatic heterocycles. The van der Waals surface area contributed by atoms with Gasteiger partial charge >= 0.3 is 11.9 Å². The van der Waals surface area contributed by atoms with Crippen LogP contribution < -0.4 is 0 Å². The molecule has 1 aliphatic rings. The number of benzene rings is 3. The highest BCUT2D eigenvalue weighted by Crippen LogP contribution is 2.26. The number of fused-ring (bicyclic) bond motifs is 2. The SMILES string of the molecule is O=C1C=CC(OC(=O)c2cccc3cc4ccccc4cc23)O1. The first-order chi connectivity index (χ1) is 11.2. The van der Waals surface area contributed by atoms with Crippen molar-refractivity contribution in [1.82, 2.24) is 0 Å². The molecule has 4 heteroatoms. The van der Waals surface area contributed by atoms with Gasteiger partial charge in [-0.2, -0.15) is 0 Å². The van der Waals surface area contributed by atoms with Gasteiger partial charge in [0, 0.05) is 12.2 Å². The van der Waals surface area contributed by atoms with Crippen LogP contribution in [0.1, 0.15) is 10.4 Å². The summed E-state index contributed by atoms with van der Waals surface area (Å²) in [5.74, 6) is -1.03. The molecule has 0 radical (unpaired) electrons. The Morgan fingerprint density at radius 2 is 1.70 bits per heavy atom. The van der Waals surface area contributed by atoms with E-state index in [9.17, 15) is 9.59 Å². The summed E-state index contributed by atoms with van der Waals surface area (Å²) < 4.78 is 10.1. The smallest absolute Gasteiger partial charge is 0.342 e. The van der Waals surface area contributed by atoms with Gasteiger partial charge in [0.05, 0.1) is 5.56 Å². The minimum Gasteiger partial charge on any atom is -0.418 e. The standard InChI is InChI=1S/C19H12O4/c20-17-8-9-18(22-17)23-19(21)15-7-3-6-14-10-12-4-1-2-5-13(12)11-16(14)15/h1-11,18H. The molecule has 3 aromatic carbocycles. The molecule has 0 amide bonds. The Morgan fingerprint density at radius 1 is 0.957 bits per heavy atom. The predicted octanol–water partition coefficient (Wildman–Crippen LogP) is 3.59. The van der Waals surface area contributed by atoms with E-state index < -0.39 is 18.2 Å². The summed E-state index contributed by atoms with van der Waals surface area (Å²) >= 11 is 0. The molecule has 1 heterocycles. The lowest BCUT2D eigenvalue weighted by molar-refractivity contribution is -0.151. The first kappa shape index (κ1) is 13.5. The molecule has 0 bridgehead atoms. The van der Waals surface area contributed by atoms with Crippen molar-refractivity contribution in [3.05, 3.63) is 72.3 Å². The fourth-order valence-corrected chi connectivity index (χ4v) is 2.73. The van der Waals surface area contributed by atoms with E-state index in [1.165, 1.54) is 12.2 Å². The van der Waals surface area contributed by atoms with Gasteiger partial charge in [-0.25, -0.2) is 9.59 Å². The van der Waals surface area contributed by atoms with Gasteiger partial charge in [0.25, 0.3) is 6.29 Å². The van der Waals surface area contributed by atoms with E-state index in [2.05, 4.69) is 0 Å². The maximum absolute atomic E-state index is 12.4. The van der Waals surface area contributed by atoms with Crippen molar-refractivity contribution in [2.24, 2.45) is 0 Å². The molecule has 0 saturated carbocycles. The van der Waals surface area contributed by atoms with E-state index in [0.29, 0.717) is 5.56 Å². The molecular formula is C19H12O4. The van der Waals surface area contributed by atoms with E-state index >= 15 is 0 Å². The van der Waals surface area contributed by atoms with Gasteiger partial charge in [0.1, 0.15) is 0 Å². The quantitative estimate of drug-likeness (QED) is 0.536. The molecule has 1 aliphatic heterocycles. The van der Waals surface area contributed by atoms with Crippen molar-refractivity contribution in [2.45, 2.75) is 6.29 Å². The van der Waals surface area contributed by atoms with Crippen LogP contribution in [0.5, 0.6) is 0 Å². The van der Waals surface area contributed by atoms with Crippen LogP contribution in [0.2, 0.25) is 0 Å². The molecule has 112 valence electrons. The molecule has 1 atom stereocenters. The Bertz CT molecular complexity index is 971. The molecule has 23 heavy (non-hydrogen) atoms. The first-order valence-electron chi connectivity index (χ1n) is 7.22. The van der Waals surface area contributed by atoms with Crippen LogP contribution in [-0.2, 0) is 14.3 Å². The number of carbonyl (C=O) groups excluding carboxylic acids is 2. The van der Waals surface area contributed by atoms with Gasteiger partial charge in [-0.1, -0.05) is 36.4 Å². The lowest BCUT2D eigenvalue weighted by Gasteiger charge is -2.12. The van der Waals surface area contributed by atoms with Crippen LogP contribution in [0.25, 0.3) is 21.5 Å². The number of carbonyl (C=O) groups is 2. The van der Waals surface area contributed by atoms with Gasteiger partial charge in [-0.05, 0) is 39.7 Å². The van der Waals surface area contributed by atoms with Crippen LogP contribution in [0.15, 0.2) is 66.7 Å². The molecule has 0 spiro atoms. The number of esters is 2. The number of hydrogen-bond acceptors (Lipinski definition) is 4. The summed E-state index contributed by atoms with van der Waals surface area (Å²) in [4.78, 5) is 23.4. The van der Waals surface area contributed by atoms with Crippen molar-refractivity contribution in [3.63, 3.8) is 0 Å². The fraction of sp³-hybridized carbons (Fsp3) is 0.0526. The van der Waals surface area contributed by atoms with E-state index in [4.69, 9.17) is 9.47 Å². The zero-order valence-electron chi connectivity index (χ0n) is 12.1. The van der Waals surface area contributed by atoms with Gasteiger partial charge in [-0.3, -0.25) is 0 Å². The van der Waals surface area contributed by atoms with Crippen LogP contribution in [0, 0.1) is 0 Å². The highest BCUT2D eigenvalue weighted by Gasteiger charge is 2.22. The molecule has 0 saturated heterocycles. The van der Waals surface area contributed by atoms with Gasteiger partial charge in [-0.15, -0.1) is 0 Å². The summed E-state index contributed by atoms with van der Waals surface area (Å²) in [5.41, 5.74) is 0.449. The fourth-order valence-electron chi connectivity index (χ4n) is 2.73. The van der Waals surface area contributed by atoms with Gasteiger partial charge in [0.2, 0.25) is 0 Å². The van der Waals surface area contributed by atoms with E-state index in [0.717, 1.165) is 21.5 Å². The van der Waals surface area contributed by atoms with Crippen LogP contribution in [0.3, 0.4) is 0 Å². The Balaban J connectivity index is 1.77. The summed E-state index contributed by atoms with van der Waals surface area (Å²) in [6.45, 7) is 0. The lowest BCUT2D eigenvalue weighted by atomic mass is 10.00. The maximum atomic E-state index is 12.4. The first-order valence-corrected chi connectivity index (χ1v) is 7.22. The molecule has 1 unspecified atom stereocenters. The Morgan fingerprint density at radius 3 is 2.43 bits per heavy atom. The highest BCUT2D eigenvalue weighted by atomic mass is 16.7. The largest absolute Gasteiger partial charge is 0.418 e. The topological polar surface area (TPSA) is 52.6 Å². The maximum Gasteiger partial charge on any atom is 0.342 e. The average Bonchev–Trinajstić information content (AvgIpc) is 2.97. The van der Waals surface area contributed by atoms with Crippen molar-refractivity contribution in [1.29, 1.82) is 0 Å². The van der Waals surface area contributed by atoms with Crippen molar-refractivity contribution < 1.29 is 19.1 Å². The van der Waals surface area contributed by atoms with Crippen LogP contribution in [0.4, 0.5) is 0 Å². The third-order valence-corrected chi connectivity index (χ3v) is 3.81. The van der Waals surface area contributed by atoms with Crippen LogP contribution in [-0.4, -0.2) is 18.2 Å². The number of cyclic esters (lactones) is 1. The van der Waals surface area contributed by atoms with Crippen molar-refractivity contribution in [2.75, 3.05) is 0 Å². The van der Waals surface area contributed by atoms with E-state index in [1.807, 2.05) is 48.5 Å². The summed E-state index contributed by atoms with van der Waals surface area (Å²) in [6, 6.07) is 17.4. The minimum absolute atomic E-state index is 0.449. The second-order valence-electron chi connectivity index (χ2n) is 5.30. The molecule has 4 nitrogen and oxygen atoms in total. The zero-order valence-corrected chi connectivity index (χ0v) is 12.1. The third kappa shape index (κ3) is 2.44. The molecular weight excluding hydrogens is 292 g/mol. The zero-order chi connectivity index (χ0) is 15.8. The third-order valence-electron chi connectivity index (χ3n) is 3.81. The van der Waals surface area contributed by atoms with Gasteiger partial charge < -0.3 is 9.47 Å². The Labute approximate surface area is 131 Å². The van der Waals surface area contributed by atoms with Gasteiger partial charge in [0.15, 0.2) is 0 Å². The molecule has 3 aromatic rings. The van der Waals surface area contributed by atoms with Crippen LogP contribution >= 0.6 is 0 Å².